The van der Waals surface area contributed by atoms with E-state index in [-0.39, 0.29) is 11.9 Å². The van der Waals surface area contributed by atoms with Crippen molar-refractivity contribution in [3.05, 3.63) is 52.5 Å². The van der Waals surface area contributed by atoms with Gasteiger partial charge in [-0.2, -0.15) is 0 Å². The summed E-state index contributed by atoms with van der Waals surface area (Å²) in [6.07, 6.45) is 0. The first-order chi connectivity index (χ1) is 13.4. The molecule has 3 rings (SSSR count). The van der Waals surface area contributed by atoms with Crippen LogP contribution in [0.4, 0.5) is 11.4 Å². The van der Waals surface area contributed by atoms with Crippen LogP contribution in [-0.4, -0.2) is 50.1 Å². The first-order valence-corrected chi connectivity index (χ1v) is 9.98. The molecular weight excluding hydrogens is 374 g/mol. The Bertz CT molecular complexity index is 848. The van der Waals surface area contributed by atoms with Crippen molar-refractivity contribution in [3.8, 4) is 5.75 Å². The number of nitrogens with one attached hydrogen (secondary N) is 1. The lowest BCUT2D eigenvalue weighted by atomic mass is 10.1. The zero-order valence-corrected chi connectivity index (χ0v) is 17.7. The maximum absolute atomic E-state index is 12.8. The van der Waals surface area contributed by atoms with E-state index >= 15 is 0 Å². The minimum Gasteiger partial charge on any atom is -0.495 e. The number of benzene rings is 2. The van der Waals surface area contributed by atoms with E-state index in [4.69, 9.17) is 16.3 Å². The van der Waals surface area contributed by atoms with Crippen molar-refractivity contribution >= 4 is 28.9 Å². The zero-order chi connectivity index (χ0) is 20.3. The van der Waals surface area contributed by atoms with E-state index in [0.29, 0.717) is 16.5 Å². The number of methoxy groups -OCH3 is 1. The number of piperazine rings is 1. The molecule has 0 aromatic heterocycles. The third-order valence-electron chi connectivity index (χ3n) is 5.58. The number of hydrogen-bond acceptors (Lipinski definition) is 4. The highest BCUT2D eigenvalue weighted by atomic mass is 35.5. The molecule has 0 bridgehead atoms. The van der Waals surface area contributed by atoms with Crippen LogP contribution in [-0.2, 0) is 4.79 Å². The van der Waals surface area contributed by atoms with E-state index in [1.165, 1.54) is 16.8 Å². The van der Waals surface area contributed by atoms with Crippen LogP contribution in [0.3, 0.4) is 0 Å². The van der Waals surface area contributed by atoms with Gasteiger partial charge in [-0.15, -0.1) is 0 Å². The average molecular weight is 402 g/mol. The van der Waals surface area contributed by atoms with E-state index in [1.54, 1.807) is 25.3 Å². The molecule has 1 heterocycles. The fourth-order valence-electron chi connectivity index (χ4n) is 3.61. The molecule has 1 aliphatic rings. The van der Waals surface area contributed by atoms with Gasteiger partial charge in [-0.25, -0.2) is 0 Å². The maximum Gasteiger partial charge on any atom is 0.241 e. The molecule has 1 saturated heterocycles. The molecule has 0 saturated carbocycles. The number of nitrogens with zero attached hydrogens (tertiary/aromatic N) is 2. The first-order valence-electron chi connectivity index (χ1n) is 9.60. The molecule has 1 N–H and O–H groups in total. The highest BCUT2D eigenvalue weighted by molar-refractivity contribution is 6.31. The van der Waals surface area contributed by atoms with Crippen LogP contribution in [0, 0.1) is 13.8 Å². The van der Waals surface area contributed by atoms with Gasteiger partial charge in [-0.1, -0.05) is 23.7 Å². The van der Waals surface area contributed by atoms with Crippen molar-refractivity contribution in [2.24, 2.45) is 0 Å². The van der Waals surface area contributed by atoms with Crippen LogP contribution in [0.25, 0.3) is 0 Å². The van der Waals surface area contributed by atoms with Crippen molar-refractivity contribution in [2.75, 3.05) is 43.5 Å². The van der Waals surface area contributed by atoms with Crippen LogP contribution >= 0.6 is 11.6 Å². The van der Waals surface area contributed by atoms with Gasteiger partial charge in [0.15, 0.2) is 0 Å². The second kappa shape index (κ2) is 8.84. The molecule has 2 aromatic rings. The third kappa shape index (κ3) is 4.42. The number of ether oxygens (including phenoxy) is 1. The number of hydrogen-bond donors (Lipinski definition) is 1. The fraction of sp³-hybridized carbons (Fsp3) is 0.409. The SMILES string of the molecule is COc1ccc(Cl)cc1NC(=O)[C@@H](C)N1CCN(c2cccc(C)c2C)CC1. The number of amides is 1. The molecule has 0 radical (unpaired) electrons. The average Bonchev–Trinajstić information content (AvgIpc) is 2.70. The van der Waals surface area contributed by atoms with Crippen molar-refractivity contribution in [3.63, 3.8) is 0 Å². The molecule has 1 amide bonds. The molecule has 2 aromatic carbocycles. The Morgan fingerprint density at radius 2 is 1.86 bits per heavy atom. The minimum absolute atomic E-state index is 0.0549. The predicted octanol–water partition coefficient (Wildman–Crippen LogP) is 4.11. The standard InChI is InChI=1S/C22H28ClN3O2/c1-15-6-5-7-20(16(15)2)26-12-10-25(11-13-26)17(3)22(27)24-19-14-18(23)8-9-21(19)28-4/h5-9,14,17H,10-13H2,1-4H3,(H,24,27)/t17-/m1/s1. The quantitative estimate of drug-likeness (QED) is 0.818. The molecule has 1 atom stereocenters. The summed E-state index contributed by atoms with van der Waals surface area (Å²) >= 11 is 6.06. The minimum atomic E-state index is -0.232. The van der Waals surface area contributed by atoms with Gasteiger partial charge in [0, 0.05) is 36.9 Å². The summed E-state index contributed by atoms with van der Waals surface area (Å²) in [5.41, 5.74) is 4.53. The Balaban J connectivity index is 1.62. The lowest BCUT2D eigenvalue weighted by molar-refractivity contribution is -0.120. The number of rotatable bonds is 5. The van der Waals surface area contributed by atoms with Crippen molar-refractivity contribution < 1.29 is 9.53 Å². The van der Waals surface area contributed by atoms with Crippen LogP contribution < -0.4 is 15.0 Å². The Morgan fingerprint density at radius 1 is 1.14 bits per heavy atom. The van der Waals surface area contributed by atoms with Gasteiger partial charge in [-0.05, 0) is 56.2 Å². The molecule has 1 aliphatic heterocycles. The van der Waals surface area contributed by atoms with E-state index in [1.807, 2.05) is 6.92 Å². The number of carbonyl (C=O) groups excluding carboxylic acids is 1. The van der Waals surface area contributed by atoms with E-state index < -0.39 is 0 Å². The van der Waals surface area contributed by atoms with Gasteiger partial charge in [0.25, 0.3) is 0 Å². The molecular formula is C22H28ClN3O2. The van der Waals surface area contributed by atoms with Gasteiger partial charge >= 0.3 is 0 Å². The topological polar surface area (TPSA) is 44.8 Å². The fourth-order valence-corrected chi connectivity index (χ4v) is 3.78. The van der Waals surface area contributed by atoms with E-state index in [9.17, 15) is 4.79 Å². The molecule has 5 nitrogen and oxygen atoms in total. The summed E-state index contributed by atoms with van der Waals surface area (Å²) in [7, 11) is 1.58. The molecule has 0 unspecified atom stereocenters. The summed E-state index contributed by atoms with van der Waals surface area (Å²) < 4.78 is 5.32. The van der Waals surface area contributed by atoms with Gasteiger partial charge in [0.2, 0.25) is 5.91 Å². The van der Waals surface area contributed by atoms with Gasteiger partial charge in [-0.3, -0.25) is 9.69 Å². The summed E-state index contributed by atoms with van der Waals surface area (Å²) in [4.78, 5) is 17.4. The Morgan fingerprint density at radius 3 is 2.54 bits per heavy atom. The monoisotopic (exact) mass is 401 g/mol. The molecule has 28 heavy (non-hydrogen) atoms. The Kier molecular flexibility index (Phi) is 6.47. The predicted molar refractivity (Wildman–Crippen MR) is 116 cm³/mol. The van der Waals surface area contributed by atoms with E-state index in [0.717, 1.165) is 26.2 Å². The Hall–Kier alpha value is -2.24. The van der Waals surface area contributed by atoms with Gasteiger partial charge in [0.05, 0.1) is 18.8 Å². The van der Waals surface area contributed by atoms with Crippen LogP contribution in [0.15, 0.2) is 36.4 Å². The van der Waals surface area contributed by atoms with Crippen molar-refractivity contribution in [1.29, 1.82) is 0 Å². The van der Waals surface area contributed by atoms with Crippen LogP contribution in [0.2, 0.25) is 5.02 Å². The van der Waals surface area contributed by atoms with Gasteiger partial charge < -0.3 is 15.0 Å². The maximum atomic E-state index is 12.8. The normalized spacial score (nSPS) is 16.0. The molecule has 0 spiro atoms. The second-order valence-electron chi connectivity index (χ2n) is 7.25. The highest BCUT2D eigenvalue weighted by Crippen LogP contribution is 2.28. The summed E-state index contributed by atoms with van der Waals surface area (Å²) in [5, 5.41) is 3.52. The molecule has 0 aliphatic carbocycles. The molecule has 6 heteroatoms. The lowest BCUT2D eigenvalue weighted by Crippen LogP contribution is -2.53. The van der Waals surface area contributed by atoms with E-state index in [2.05, 4.69) is 47.2 Å². The van der Waals surface area contributed by atoms with Crippen LogP contribution in [0.1, 0.15) is 18.1 Å². The molecule has 150 valence electrons. The van der Waals surface area contributed by atoms with Crippen molar-refractivity contribution in [1.82, 2.24) is 4.90 Å². The number of halogens is 1. The summed E-state index contributed by atoms with van der Waals surface area (Å²) in [6.45, 7) is 9.76. The zero-order valence-electron chi connectivity index (χ0n) is 17.0. The largest absolute Gasteiger partial charge is 0.495 e. The number of aryl methyl sites for hydroxylation is 1. The lowest BCUT2D eigenvalue weighted by Gasteiger charge is -2.39. The number of carbonyl (C=O) groups is 1. The van der Waals surface area contributed by atoms with Crippen LogP contribution in [0.5, 0.6) is 5.75 Å². The Labute approximate surface area is 172 Å². The summed E-state index contributed by atoms with van der Waals surface area (Å²) in [5.74, 6) is 0.547. The first kappa shape index (κ1) is 20.5. The molecule has 1 fully saturated rings. The highest BCUT2D eigenvalue weighted by Gasteiger charge is 2.26. The number of anilines is 2. The summed E-state index contributed by atoms with van der Waals surface area (Å²) in [6, 6.07) is 11.4. The van der Waals surface area contributed by atoms with Gasteiger partial charge in [0.1, 0.15) is 5.75 Å². The third-order valence-corrected chi connectivity index (χ3v) is 5.81. The van der Waals surface area contributed by atoms with Crippen molar-refractivity contribution in [2.45, 2.75) is 26.8 Å². The second-order valence-corrected chi connectivity index (χ2v) is 7.69. The smallest absolute Gasteiger partial charge is 0.241 e.